The second kappa shape index (κ2) is 9.10. The fourth-order valence-electron chi connectivity index (χ4n) is 2.79. The molecule has 2 unspecified atom stereocenters. The molecule has 0 N–H and O–H groups in total. The van der Waals surface area contributed by atoms with Gasteiger partial charge in [0.05, 0.1) is 12.7 Å². The van der Waals surface area contributed by atoms with Gasteiger partial charge in [0.25, 0.3) is 5.89 Å². The number of hydrogen-bond acceptors (Lipinski definition) is 7. The number of hydrogen-bond donors (Lipinski definition) is 0. The van der Waals surface area contributed by atoms with E-state index >= 15 is 0 Å². The summed E-state index contributed by atoms with van der Waals surface area (Å²) in [6, 6.07) is 8.00. The molecule has 7 nitrogen and oxygen atoms in total. The lowest BCUT2D eigenvalue weighted by Gasteiger charge is -2.14. The highest BCUT2D eigenvalue weighted by Gasteiger charge is 2.21. The largest absolute Gasteiger partial charge is 0.454 e. The molecule has 0 aliphatic carbocycles. The molecule has 146 valence electrons. The van der Waals surface area contributed by atoms with Crippen molar-refractivity contribution in [3.63, 3.8) is 0 Å². The predicted octanol–water partition coefficient (Wildman–Crippen LogP) is 3.49. The number of ether oxygens (including phenoxy) is 3. The average molecular weight is 374 g/mol. The number of carbonyl (C=O) groups excluding carboxylic acids is 1. The van der Waals surface area contributed by atoms with Crippen LogP contribution in [0.2, 0.25) is 0 Å². The Morgan fingerprint density at radius 1 is 1.26 bits per heavy atom. The molecule has 27 heavy (non-hydrogen) atoms. The molecule has 1 aliphatic rings. The highest BCUT2D eigenvalue weighted by Crippen LogP contribution is 2.20. The van der Waals surface area contributed by atoms with Crippen LogP contribution in [-0.4, -0.2) is 41.5 Å². The molecule has 7 heteroatoms. The number of aromatic nitrogens is 2. The fraction of sp³-hybridized carbons (Fsp3) is 0.550. The van der Waals surface area contributed by atoms with Crippen molar-refractivity contribution in [2.24, 2.45) is 0 Å². The van der Waals surface area contributed by atoms with Crippen LogP contribution in [0.1, 0.15) is 51.0 Å². The standard InChI is InChI=1S/C20H26N2O5/c1-13(2)15-6-8-16(9-7-15)19-21-18(27-22-19)12-26-20(23)14(3)25-11-17-5-4-10-24-17/h6-9,13-14,17H,4-5,10-12H2,1-3H3. The zero-order valence-corrected chi connectivity index (χ0v) is 16.0. The fourth-order valence-corrected chi connectivity index (χ4v) is 2.79. The molecular formula is C20H26N2O5. The van der Waals surface area contributed by atoms with Crippen LogP contribution in [-0.2, 0) is 25.6 Å². The molecule has 2 atom stereocenters. The Morgan fingerprint density at radius 3 is 2.70 bits per heavy atom. The van der Waals surface area contributed by atoms with Crippen LogP contribution in [0.15, 0.2) is 28.8 Å². The molecule has 2 aromatic rings. The number of rotatable bonds is 8. The molecular weight excluding hydrogens is 348 g/mol. The molecule has 0 saturated carbocycles. The van der Waals surface area contributed by atoms with Crippen LogP contribution in [0, 0.1) is 0 Å². The van der Waals surface area contributed by atoms with Crippen LogP contribution in [0.3, 0.4) is 0 Å². The van der Waals surface area contributed by atoms with Crippen molar-refractivity contribution in [1.82, 2.24) is 10.1 Å². The molecule has 0 bridgehead atoms. The maximum Gasteiger partial charge on any atom is 0.335 e. The van der Waals surface area contributed by atoms with Gasteiger partial charge in [0, 0.05) is 12.2 Å². The highest BCUT2D eigenvalue weighted by molar-refractivity contribution is 5.74. The van der Waals surface area contributed by atoms with E-state index < -0.39 is 12.1 Å². The van der Waals surface area contributed by atoms with Crippen molar-refractivity contribution in [3.05, 3.63) is 35.7 Å². The third kappa shape index (κ3) is 5.37. The minimum absolute atomic E-state index is 0.0702. The number of esters is 1. The molecule has 2 heterocycles. The second-order valence-electron chi connectivity index (χ2n) is 7.01. The molecule has 0 radical (unpaired) electrons. The van der Waals surface area contributed by atoms with Crippen molar-refractivity contribution in [2.75, 3.05) is 13.2 Å². The summed E-state index contributed by atoms with van der Waals surface area (Å²) in [5.74, 6) is 0.717. The van der Waals surface area contributed by atoms with E-state index in [-0.39, 0.29) is 18.6 Å². The SMILES string of the molecule is CC(OCC1CCCO1)C(=O)OCc1nc(-c2ccc(C(C)C)cc2)no1. The van der Waals surface area contributed by atoms with Crippen LogP contribution >= 0.6 is 0 Å². The predicted molar refractivity (Wildman–Crippen MR) is 98.0 cm³/mol. The number of benzene rings is 1. The highest BCUT2D eigenvalue weighted by atomic mass is 16.6. The third-order valence-electron chi connectivity index (χ3n) is 4.53. The van der Waals surface area contributed by atoms with Gasteiger partial charge in [0.15, 0.2) is 12.7 Å². The first-order chi connectivity index (χ1) is 13.0. The monoisotopic (exact) mass is 374 g/mol. The summed E-state index contributed by atoms with van der Waals surface area (Å²) in [4.78, 5) is 16.3. The minimum Gasteiger partial charge on any atom is -0.454 e. The number of carbonyl (C=O) groups is 1. The lowest BCUT2D eigenvalue weighted by molar-refractivity contribution is -0.160. The Morgan fingerprint density at radius 2 is 2.04 bits per heavy atom. The quantitative estimate of drug-likeness (QED) is 0.654. The summed E-state index contributed by atoms with van der Waals surface area (Å²) in [6.07, 6.45) is 1.40. The molecule has 1 aliphatic heterocycles. The van der Waals surface area contributed by atoms with E-state index in [0.29, 0.717) is 18.3 Å². The third-order valence-corrected chi connectivity index (χ3v) is 4.53. The van der Waals surface area contributed by atoms with Gasteiger partial charge in [-0.2, -0.15) is 4.98 Å². The summed E-state index contributed by atoms with van der Waals surface area (Å²) in [6.45, 7) is 7.01. The summed E-state index contributed by atoms with van der Waals surface area (Å²) >= 11 is 0. The van der Waals surface area contributed by atoms with Crippen LogP contribution in [0.4, 0.5) is 0 Å². The Hall–Kier alpha value is -2.25. The lowest BCUT2D eigenvalue weighted by Crippen LogP contribution is -2.27. The molecule has 1 aromatic carbocycles. The van der Waals surface area contributed by atoms with Crippen molar-refractivity contribution >= 4 is 5.97 Å². The molecule has 0 spiro atoms. The average Bonchev–Trinajstić information content (AvgIpc) is 3.36. The maximum absolute atomic E-state index is 12.0. The van der Waals surface area contributed by atoms with Gasteiger partial charge in [-0.15, -0.1) is 0 Å². The first-order valence-corrected chi connectivity index (χ1v) is 9.35. The van der Waals surface area contributed by atoms with Crippen molar-refractivity contribution in [3.8, 4) is 11.4 Å². The molecule has 3 rings (SSSR count). The zero-order chi connectivity index (χ0) is 19.2. The molecule has 1 saturated heterocycles. The van der Waals surface area contributed by atoms with Gasteiger partial charge in [-0.25, -0.2) is 4.79 Å². The van der Waals surface area contributed by atoms with E-state index in [1.54, 1.807) is 6.92 Å². The van der Waals surface area contributed by atoms with E-state index in [4.69, 9.17) is 18.7 Å². The van der Waals surface area contributed by atoms with E-state index in [1.165, 1.54) is 5.56 Å². The summed E-state index contributed by atoms with van der Waals surface area (Å²) in [7, 11) is 0. The van der Waals surface area contributed by atoms with Crippen molar-refractivity contribution < 1.29 is 23.5 Å². The Kier molecular flexibility index (Phi) is 6.58. The van der Waals surface area contributed by atoms with Crippen molar-refractivity contribution in [2.45, 2.75) is 58.3 Å². The van der Waals surface area contributed by atoms with Crippen molar-refractivity contribution in [1.29, 1.82) is 0 Å². The van der Waals surface area contributed by atoms with Gasteiger partial charge in [-0.05, 0) is 31.2 Å². The Labute approximate surface area is 159 Å². The first kappa shape index (κ1) is 19.5. The smallest absolute Gasteiger partial charge is 0.335 e. The van der Waals surface area contributed by atoms with Gasteiger partial charge in [0.1, 0.15) is 0 Å². The van der Waals surface area contributed by atoms with E-state index in [9.17, 15) is 4.79 Å². The Bertz CT molecular complexity index is 735. The second-order valence-corrected chi connectivity index (χ2v) is 7.01. The molecule has 0 amide bonds. The van der Waals surface area contributed by atoms with Gasteiger partial charge in [0.2, 0.25) is 5.82 Å². The summed E-state index contributed by atoms with van der Waals surface area (Å²) in [5, 5.41) is 3.95. The summed E-state index contributed by atoms with van der Waals surface area (Å²) < 4.78 is 21.4. The molecule has 1 fully saturated rings. The zero-order valence-electron chi connectivity index (χ0n) is 16.0. The van der Waals surface area contributed by atoms with Crippen LogP contribution in [0.5, 0.6) is 0 Å². The van der Waals surface area contributed by atoms with Gasteiger partial charge >= 0.3 is 5.97 Å². The van der Waals surface area contributed by atoms with E-state index in [0.717, 1.165) is 25.0 Å². The summed E-state index contributed by atoms with van der Waals surface area (Å²) in [5.41, 5.74) is 2.10. The van der Waals surface area contributed by atoms with Gasteiger partial charge < -0.3 is 18.7 Å². The van der Waals surface area contributed by atoms with Gasteiger partial charge in [-0.1, -0.05) is 43.3 Å². The van der Waals surface area contributed by atoms with Gasteiger partial charge in [-0.3, -0.25) is 0 Å². The molecule has 1 aromatic heterocycles. The maximum atomic E-state index is 12.0. The van der Waals surface area contributed by atoms with Crippen LogP contribution < -0.4 is 0 Å². The minimum atomic E-state index is -0.667. The van der Waals surface area contributed by atoms with E-state index in [2.05, 4.69) is 24.0 Å². The normalized spacial score (nSPS) is 18.0. The lowest BCUT2D eigenvalue weighted by atomic mass is 10.0. The Balaban J connectivity index is 1.47. The topological polar surface area (TPSA) is 83.7 Å². The first-order valence-electron chi connectivity index (χ1n) is 9.35. The number of nitrogens with zero attached hydrogens (tertiary/aromatic N) is 2. The van der Waals surface area contributed by atoms with E-state index in [1.807, 2.05) is 24.3 Å². The van der Waals surface area contributed by atoms with Crippen LogP contribution in [0.25, 0.3) is 11.4 Å².